The minimum absolute atomic E-state index is 0.546. The average molecular weight is 219 g/mol. The Balaban J connectivity index is 1.76. The third-order valence-corrected chi connectivity index (χ3v) is 3.53. The molecule has 1 saturated carbocycles. The molecule has 1 aliphatic rings. The van der Waals surface area contributed by atoms with Crippen molar-refractivity contribution in [1.29, 1.82) is 0 Å². The molecule has 0 radical (unpaired) electrons. The molecule has 0 atom stereocenters. The summed E-state index contributed by atoms with van der Waals surface area (Å²) in [6.45, 7) is 5.58. The predicted molar refractivity (Wildman–Crippen MR) is 64.9 cm³/mol. The van der Waals surface area contributed by atoms with Crippen LogP contribution in [0.4, 0.5) is 0 Å². The molecule has 1 aromatic heterocycles. The van der Waals surface area contributed by atoms with E-state index in [0.717, 1.165) is 12.2 Å². The van der Waals surface area contributed by atoms with E-state index in [1.54, 1.807) is 12.4 Å². The first-order valence-electron chi connectivity index (χ1n) is 6.14. The van der Waals surface area contributed by atoms with Crippen molar-refractivity contribution in [2.45, 2.75) is 52.1 Å². The Morgan fingerprint density at radius 1 is 1.31 bits per heavy atom. The summed E-state index contributed by atoms with van der Waals surface area (Å²) in [7, 11) is 0. The molecular formula is C13H21N3. The molecule has 1 aliphatic carbocycles. The number of hydrogen-bond acceptors (Lipinski definition) is 3. The molecule has 0 spiro atoms. The molecule has 1 fully saturated rings. The van der Waals surface area contributed by atoms with Crippen molar-refractivity contribution >= 4 is 0 Å². The molecule has 1 N–H and O–H groups in total. The zero-order chi connectivity index (χ0) is 11.4. The van der Waals surface area contributed by atoms with Crippen LogP contribution in [0.15, 0.2) is 18.6 Å². The number of hydrogen-bond donors (Lipinski definition) is 1. The van der Waals surface area contributed by atoms with Gasteiger partial charge in [0.25, 0.3) is 0 Å². The van der Waals surface area contributed by atoms with E-state index >= 15 is 0 Å². The smallest absolute Gasteiger partial charge is 0.0724 e. The van der Waals surface area contributed by atoms with Gasteiger partial charge in [0.05, 0.1) is 5.69 Å². The lowest BCUT2D eigenvalue weighted by molar-refractivity contribution is 0.205. The van der Waals surface area contributed by atoms with Crippen LogP contribution in [0.2, 0.25) is 0 Å². The first-order valence-corrected chi connectivity index (χ1v) is 6.14. The van der Waals surface area contributed by atoms with E-state index in [2.05, 4.69) is 29.1 Å². The first-order chi connectivity index (χ1) is 7.66. The Kier molecular flexibility index (Phi) is 3.54. The molecular weight excluding hydrogens is 198 g/mol. The second-order valence-corrected chi connectivity index (χ2v) is 5.52. The molecule has 0 aromatic carbocycles. The fourth-order valence-electron chi connectivity index (χ4n) is 2.27. The lowest BCUT2D eigenvalue weighted by atomic mass is 9.75. The van der Waals surface area contributed by atoms with Crippen molar-refractivity contribution in [1.82, 2.24) is 15.3 Å². The topological polar surface area (TPSA) is 37.8 Å². The predicted octanol–water partition coefficient (Wildman–Crippen LogP) is 2.54. The highest BCUT2D eigenvalue weighted by Crippen LogP contribution is 2.34. The van der Waals surface area contributed by atoms with Crippen LogP contribution < -0.4 is 5.32 Å². The van der Waals surface area contributed by atoms with Crippen molar-refractivity contribution in [3.05, 3.63) is 24.3 Å². The van der Waals surface area contributed by atoms with E-state index in [4.69, 9.17) is 0 Å². The normalized spacial score (nSPS) is 20.9. The minimum atomic E-state index is 0.546. The van der Waals surface area contributed by atoms with E-state index in [1.807, 2.05) is 6.20 Å². The summed E-state index contributed by atoms with van der Waals surface area (Å²) >= 11 is 0. The molecule has 3 heteroatoms. The third kappa shape index (κ3) is 3.27. The standard InChI is InChI=1S/C13H21N3/c1-13(2)5-3-11(4-6-13)16-10-12-9-14-7-8-15-12/h7-9,11,16H,3-6,10H2,1-2H3. The number of rotatable bonds is 3. The summed E-state index contributed by atoms with van der Waals surface area (Å²) in [5.74, 6) is 0. The molecule has 0 unspecified atom stereocenters. The number of nitrogens with zero attached hydrogens (tertiary/aromatic N) is 2. The largest absolute Gasteiger partial charge is 0.308 e. The molecule has 1 aromatic rings. The zero-order valence-electron chi connectivity index (χ0n) is 10.2. The van der Waals surface area contributed by atoms with Gasteiger partial charge in [-0.2, -0.15) is 0 Å². The molecule has 88 valence electrons. The SMILES string of the molecule is CC1(C)CCC(NCc2cnccn2)CC1. The molecule has 0 aliphatic heterocycles. The van der Waals surface area contributed by atoms with Gasteiger partial charge < -0.3 is 5.32 Å². The maximum atomic E-state index is 4.27. The Hall–Kier alpha value is -0.960. The third-order valence-electron chi connectivity index (χ3n) is 3.53. The second kappa shape index (κ2) is 4.91. The molecule has 2 rings (SSSR count). The van der Waals surface area contributed by atoms with Crippen LogP contribution in [0.3, 0.4) is 0 Å². The van der Waals surface area contributed by atoms with Crippen LogP contribution in [-0.2, 0) is 6.54 Å². The van der Waals surface area contributed by atoms with Crippen LogP contribution in [0, 0.1) is 5.41 Å². The average Bonchev–Trinajstić information content (AvgIpc) is 2.29. The fourth-order valence-corrected chi connectivity index (χ4v) is 2.27. The summed E-state index contributed by atoms with van der Waals surface area (Å²) < 4.78 is 0. The zero-order valence-corrected chi connectivity index (χ0v) is 10.2. The maximum absolute atomic E-state index is 4.27. The van der Waals surface area contributed by atoms with Crippen molar-refractivity contribution in [2.24, 2.45) is 5.41 Å². The van der Waals surface area contributed by atoms with Gasteiger partial charge in [-0.05, 0) is 31.1 Å². The highest BCUT2D eigenvalue weighted by atomic mass is 14.9. The summed E-state index contributed by atoms with van der Waals surface area (Å²) in [5, 5.41) is 3.57. The Bertz CT molecular complexity index is 311. The fraction of sp³-hybridized carbons (Fsp3) is 0.692. The summed E-state index contributed by atoms with van der Waals surface area (Å²) in [5.41, 5.74) is 1.58. The number of nitrogens with one attached hydrogen (secondary N) is 1. The van der Waals surface area contributed by atoms with Gasteiger partial charge in [-0.15, -0.1) is 0 Å². The second-order valence-electron chi connectivity index (χ2n) is 5.52. The Morgan fingerprint density at radius 3 is 2.69 bits per heavy atom. The van der Waals surface area contributed by atoms with Gasteiger partial charge in [-0.3, -0.25) is 9.97 Å². The van der Waals surface area contributed by atoms with Crippen LogP contribution >= 0.6 is 0 Å². The van der Waals surface area contributed by atoms with Gasteiger partial charge in [-0.25, -0.2) is 0 Å². The van der Waals surface area contributed by atoms with Gasteiger partial charge in [0, 0.05) is 31.2 Å². The van der Waals surface area contributed by atoms with Gasteiger partial charge in [0.15, 0.2) is 0 Å². The summed E-state index contributed by atoms with van der Waals surface area (Å²) in [6, 6.07) is 0.662. The van der Waals surface area contributed by atoms with Crippen LogP contribution in [0.1, 0.15) is 45.2 Å². The Labute approximate surface area is 97.7 Å². The van der Waals surface area contributed by atoms with Crippen molar-refractivity contribution < 1.29 is 0 Å². The quantitative estimate of drug-likeness (QED) is 0.849. The molecule has 0 bridgehead atoms. The summed E-state index contributed by atoms with van der Waals surface area (Å²) in [4.78, 5) is 8.34. The molecule has 0 saturated heterocycles. The summed E-state index contributed by atoms with van der Waals surface area (Å²) in [6.07, 6.45) is 10.5. The maximum Gasteiger partial charge on any atom is 0.0724 e. The van der Waals surface area contributed by atoms with Crippen molar-refractivity contribution in [2.75, 3.05) is 0 Å². The van der Waals surface area contributed by atoms with E-state index in [9.17, 15) is 0 Å². The molecule has 16 heavy (non-hydrogen) atoms. The van der Waals surface area contributed by atoms with Crippen molar-refractivity contribution in [3.8, 4) is 0 Å². The molecule has 1 heterocycles. The van der Waals surface area contributed by atoms with Crippen LogP contribution in [-0.4, -0.2) is 16.0 Å². The van der Waals surface area contributed by atoms with E-state index in [0.29, 0.717) is 11.5 Å². The Morgan fingerprint density at radius 2 is 2.06 bits per heavy atom. The number of aromatic nitrogens is 2. The van der Waals surface area contributed by atoms with E-state index in [1.165, 1.54) is 25.7 Å². The molecule has 3 nitrogen and oxygen atoms in total. The van der Waals surface area contributed by atoms with Crippen LogP contribution in [0.5, 0.6) is 0 Å². The van der Waals surface area contributed by atoms with Gasteiger partial charge in [0.1, 0.15) is 0 Å². The van der Waals surface area contributed by atoms with Gasteiger partial charge >= 0.3 is 0 Å². The van der Waals surface area contributed by atoms with Crippen molar-refractivity contribution in [3.63, 3.8) is 0 Å². The van der Waals surface area contributed by atoms with E-state index < -0.39 is 0 Å². The highest BCUT2D eigenvalue weighted by molar-refractivity contribution is 4.94. The molecule has 0 amide bonds. The van der Waals surface area contributed by atoms with Gasteiger partial charge in [-0.1, -0.05) is 13.8 Å². The first kappa shape index (κ1) is 11.5. The highest BCUT2D eigenvalue weighted by Gasteiger charge is 2.26. The lowest BCUT2D eigenvalue weighted by Gasteiger charge is -2.34. The van der Waals surface area contributed by atoms with Gasteiger partial charge in [0.2, 0.25) is 0 Å². The van der Waals surface area contributed by atoms with E-state index in [-0.39, 0.29) is 0 Å². The minimum Gasteiger partial charge on any atom is -0.308 e. The van der Waals surface area contributed by atoms with Crippen LogP contribution in [0.25, 0.3) is 0 Å². The lowest BCUT2D eigenvalue weighted by Crippen LogP contribution is -2.35. The monoisotopic (exact) mass is 219 g/mol.